The van der Waals surface area contributed by atoms with Crippen LogP contribution >= 0.6 is 0 Å². The second-order valence-electron chi connectivity index (χ2n) is 5.71. The van der Waals surface area contributed by atoms with Crippen molar-refractivity contribution in [2.45, 2.75) is 25.8 Å². The van der Waals surface area contributed by atoms with E-state index in [4.69, 9.17) is 5.73 Å². The number of hydrogen-bond donors (Lipinski definition) is 1. The summed E-state index contributed by atoms with van der Waals surface area (Å²) in [6.45, 7) is 3.61. The molecule has 0 aliphatic carbocycles. The number of halogens is 2. The molecule has 1 aromatic rings. The van der Waals surface area contributed by atoms with Gasteiger partial charge in [0.25, 0.3) is 0 Å². The first-order valence-electron chi connectivity index (χ1n) is 7.62. The Hall–Kier alpha value is -2.02. The molecule has 7 heteroatoms. The molecule has 1 aliphatic rings. The number of nitrogens with zero attached hydrogens (tertiary/aromatic N) is 2. The summed E-state index contributed by atoms with van der Waals surface area (Å²) in [6.07, 6.45) is 0.594. The van der Waals surface area contributed by atoms with E-state index in [1.54, 1.807) is 9.80 Å². The van der Waals surface area contributed by atoms with Gasteiger partial charge in [0.05, 0.1) is 0 Å². The molecule has 0 saturated carbocycles. The quantitative estimate of drug-likeness (QED) is 0.911. The van der Waals surface area contributed by atoms with Gasteiger partial charge in [-0.2, -0.15) is 0 Å². The monoisotopic (exact) mass is 325 g/mol. The number of carbonyl (C=O) groups excluding carboxylic acids is 2. The number of amides is 2. The summed E-state index contributed by atoms with van der Waals surface area (Å²) in [4.78, 5) is 26.8. The van der Waals surface area contributed by atoms with Gasteiger partial charge in [0, 0.05) is 45.6 Å². The number of piperazine rings is 1. The Bertz CT molecular complexity index is 587. The van der Waals surface area contributed by atoms with Crippen LogP contribution in [0.2, 0.25) is 0 Å². The van der Waals surface area contributed by atoms with Gasteiger partial charge in [0.1, 0.15) is 0 Å². The Morgan fingerprint density at radius 2 is 1.74 bits per heavy atom. The fraction of sp³-hybridized carbons (Fsp3) is 0.500. The number of nitrogens with two attached hydrogens (primary N) is 1. The number of benzene rings is 1. The lowest BCUT2D eigenvalue weighted by Crippen LogP contribution is -2.50. The zero-order chi connectivity index (χ0) is 17.0. The van der Waals surface area contributed by atoms with E-state index < -0.39 is 17.7 Å². The first-order valence-corrected chi connectivity index (χ1v) is 7.62. The molecule has 0 bridgehead atoms. The minimum Gasteiger partial charge on any atom is -0.339 e. The van der Waals surface area contributed by atoms with Crippen LogP contribution in [0.15, 0.2) is 18.2 Å². The summed E-state index contributed by atoms with van der Waals surface area (Å²) in [5.74, 6) is -1.88. The van der Waals surface area contributed by atoms with Crippen molar-refractivity contribution >= 4 is 11.8 Å². The third kappa shape index (κ3) is 4.48. The molecular weight excluding hydrogens is 304 g/mol. The zero-order valence-electron chi connectivity index (χ0n) is 13.1. The average molecular weight is 325 g/mol. The normalized spacial score (nSPS) is 16.3. The third-order valence-electron chi connectivity index (χ3n) is 4.12. The molecule has 2 N–H and O–H groups in total. The van der Waals surface area contributed by atoms with Gasteiger partial charge in [-0.05, 0) is 24.1 Å². The second kappa shape index (κ2) is 7.50. The van der Waals surface area contributed by atoms with E-state index >= 15 is 0 Å². The van der Waals surface area contributed by atoms with E-state index in [1.807, 2.05) is 0 Å². The standard InChI is InChI=1S/C16H21F2N3O2/c1-11(22)20-6-8-21(9-7-20)16(23)5-4-15(19)12-2-3-13(17)14(18)10-12/h2-3,10,15H,4-9,19H2,1H3. The summed E-state index contributed by atoms with van der Waals surface area (Å²) in [5, 5.41) is 0. The minimum absolute atomic E-state index is 0.0115. The fourth-order valence-electron chi connectivity index (χ4n) is 2.62. The average Bonchev–Trinajstić information content (AvgIpc) is 2.54. The predicted octanol–water partition coefficient (Wildman–Crippen LogP) is 1.44. The van der Waals surface area contributed by atoms with Crippen LogP contribution in [0.1, 0.15) is 31.4 Å². The highest BCUT2D eigenvalue weighted by Gasteiger charge is 2.22. The van der Waals surface area contributed by atoms with Crippen molar-refractivity contribution in [3.63, 3.8) is 0 Å². The molecule has 0 spiro atoms. The van der Waals surface area contributed by atoms with Gasteiger partial charge in [-0.25, -0.2) is 8.78 Å². The summed E-state index contributed by atoms with van der Waals surface area (Å²) >= 11 is 0. The second-order valence-corrected chi connectivity index (χ2v) is 5.71. The first kappa shape index (κ1) is 17.3. The van der Waals surface area contributed by atoms with E-state index in [0.717, 1.165) is 12.1 Å². The number of hydrogen-bond acceptors (Lipinski definition) is 3. The fourth-order valence-corrected chi connectivity index (χ4v) is 2.62. The lowest BCUT2D eigenvalue weighted by atomic mass is 10.0. The molecule has 1 heterocycles. The Balaban J connectivity index is 1.82. The molecule has 1 atom stereocenters. The highest BCUT2D eigenvalue weighted by atomic mass is 19.2. The van der Waals surface area contributed by atoms with Crippen molar-refractivity contribution in [3.8, 4) is 0 Å². The maximum atomic E-state index is 13.2. The Morgan fingerprint density at radius 1 is 1.13 bits per heavy atom. The van der Waals surface area contributed by atoms with Crippen molar-refractivity contribution in [1.82, 2.24) is 9.80 Å². The lowest BCUT2D eigenvalue weighted by Gasteiger charge is -2.34. The Kier molecular flexibility index (Phi) is 5.65. The molecule has 1 saturated heterocycles. The molecule has 23 heavy (non-hydrogen) atoms. The van der Waals surface area contributed by atoms with Crippen molar-refractivity contribution in [2.24, 2.45) is 5.73 Å². The molecular formula is C16H21F2N3O2. The molecule has 0 aromatic heterocycles. The van der Waals surface area contributed by atoms with Crippen molar-refractivity contribution in [3.05, 3.63) is 35.4 Å². The molecule has 0 radical (unpaired) electrons. The summed E-state index contributed by atoms with van der Waals surface area (Å²) in [5.41, 5.74) is 6.41. The van der Waals surface area contributed by atoms with Gasteiger partial charge >= 0.3 is 0 Å². The molecule has 2 amide bonds. The smallest absolute Gasteiger partial charge is 0.222 e. The highest BCUT2D eigenvalue weighted by molar-refractivity contribution is 5.77. The van der Waals surface area contributed by atoms with Gasteiger partial charge in [0.2, 0.25) is 11.8 Å². The molecule has 1 aliphatic heterocycles. The van der Waals surface area contributed by atoms with Crippen LogP contribution in [0.4, 0.5) is 8.78 Å². The minimum atomic E-state index is -0.940. The van der Waals surface area contributed by atoms with Crippen molar-refractivity contribution in [1.29, 1.82) is 0 Å². The maximum Gasteiger partial charge on any atom is 0.222 e. The van der Waals surface area contributed by atoms with E-state index in [0.29, 0.717) is 38.2 Å². The maximum absolute atomic E-state index is 13.2. The van der Waals surface area contributed by atoms with Gasteiger partial charge in [-0.1, -0.05) is 6.07 Å². The molecule has 5 nitrogen and oxygen atoms in total. The van der Waals surface area contributed by atoms with Gasteiger partial charge < -0.3 is 15.5 Å². The number of rotatable bonds is 4. The zero-order valence-corrected chi connectivity index (χ0v) is 13.1. The molecule has 1 fully saturated rings. The molecule has 1 aromatic carbocycles. The van der Waals surface area contributed by atoms with Crippen LogP contribution in [0.3, 0.4) is 0 Å². The van der Waals surface area contributed by atoms with Gasteiger partial charge in [-0.15, -0.1) is 0 Å². The van der Waals surface area contributed by atoms with Crippen LogP contribution in [-0.4, -0.2) is 47.8 Å². The van der Waals surface area contributed by atoms with E-state index in [9.17, 15) is 18.4 Å². The Labute approximate surface area is 134 Å². The SMILES string of the molecule is CC(=O)N1CCN(C(=O)CCC(N)c2ccc(F)c(F)c2)CC1. The van der Waals surface area contributed by atoms with Crippen LogP contribution < -0.4 is 5.73 Å². The van der Waals surface area contributed by atoms with Crippen molar-refractivity contribution in [2.75, 3.05) is 26.2 Å². The van der Waals surface area contributed by atoms with Crippen LogP contribution in [0, 0.1) is 11.6 Å². The Morgan fingerprint density at radius 3 is 2.30 bits per heavy atom. The van der Waals surface area contributed by atoms with Crippen LogP contribution in [-0.2, 0) is 9.59 Å². The van der Waals surface area contributed by atoms with Crippen molar-refractivity contribution < 1.29 is 18.4 Å². The van der Waals surface area contributed by atoms with Crippen LogP contribution in [0.5, 0.6) is 0 Å². The van der Waals surface area contributed by atoms with E-state index in [1.165, 1.54) is 13.0 Å². The van der Waals surface area contributed by atoms with Crippen LogP contribution in [0.25, 0.3) is 0 Å². The van der Waals surface area contributed by atoms with E-state index in [2.05, 4.69) is 0 Å². The molecule has 1 unspecified atom stereocenters. The molecule has 126 valence electrons. The van der Waals surface area contributed by atoms with Gasteiger partial charge in [-0.3, -0.25) is 9.59 Å². The predicted molar refractivity (Wildman–Crippen MR) is 81.4 cm³/mol. The summed E-state index contributed by atoms with van der Waals surface area (Å²) in [6, 6.07) is 3.01. The van der Waals surface area contributed by atoms with Gasteiger partial charge in [0.15, 0.2) is 11.6 Å². The first-order chi connectivity index (χ1) is 10.9. The van der Waals surface area contributed by atoms with E-state index in [-0.39, 0.29) is 18.2 Å². The highest BCUT2D eigenvalue weighted by Crippen LogP contribution is 2.19. The lowest BCUT2D eigenvalue weighted by molar-refractivity contribution is -0.138. The summed E-state index contributed by atoms with van der Waals surface area (Å²) in [7, 11) is 0. The summed E-state index contributed by atoms with van der Waals surface area (Å²) < 4.78 is 26.1. The largest absolute Gasteiger partial charge is 0.339 e. The topological polar surface area (TPSA) is 66.6 Å². The third-order valence-corrected chi connectivity index (χ3v) is 4.12. The number of carbonyl (C=O) groups is 2. The molecule has 2 rings (SSSR count).